The van der Waals surface area contributed by atoms with Gasteiger partial charge in [0.05, 0.1) is 0 Å². The Balaban J connectivity index is 0.000000161. The van der Waals surface area contributed by atoms with Crippen LogP contribution in [0.1, 0.15) is 182 Å². The van der Waals surface area contributed by atoms with Crippen LogP contribution < -0.4 is 4.74 Å². The van der Waals surface area contributed by atoms with Gasteiger partial charge in [0.15, 0.2) is 0 Å². The van der Waals surface area contributed by atoms with Crippen LogP contribution in [0.4, 0.5) is 0 Å². The zero-order valence-corrected chi connectivity index (χ0v) is 82.6. The number of fused-ring (bicyclic) bond motifs is 6. The van der Waals surface area contributed by atoms with Crippen molar-refractivity contribution in [2.75, 3.05) is 0 Å². The Morgan fingerprint density at radius 2 is 0.548 bits per heavy atom. The van der Waals surface area contributed by atoms with Crippen LogP contribution in [-0.4, -0.2) is 4.57 Å². The van der Waals surface area contributed by atoms with Crippen molar-refractivity contribution in [2.24, 2.45) is 7.05 Å². The molecule has 19 rings (SSSR count). The van der Waals surface area contributed by atoms with Crippen molar-refractivity contribution in [3.05, 3.63) is 448 Å². The molecule has 2 aliphatic carbocycles. The highest BCUT2D eigenvalue weighted by Gasteiger charge is 2.36. The van der Waals surface area contributed by atoms with Crippen LogP contribution >= 0.6 is 45.8 Å². The highest BCUT2D eigenvalue weighted by Crippen LogP contribution is 2.50. The van der Waals surface area contributed by atoms with E-state index in [-0.39, 0.29) is 10.8 Å². The normalized spacial score (nSPS) is 11.9. The summed E-state index contributed by atoms with van der Waals surface area (Å²) in [7, 11) is 2.12. The highest BCUT2D eigenvalue weighted by atomic mass is 32.2. The molecular weight excluding hydrogens is 1600 g/mol. The van der Waals surface area contributed by atoms with Gasteiger partial charge in [-0.3, -0.25) is 0 Å². The van der Waals surface area contributed by atoms with Gasteiger partial charge in [-0.2, -0.15) is 0 Å². The fourth-order valence-corrected chi connectivity index (χ4v) is 18.7. The van der Waals surface area contributed by atoms with E-state index < -0.39 is 0 Å². The van der Waals surface area contributed by atoms with E-state index in [1.54, 1.807) is 11.8 Å². The van der Waals surface area contributed by atoms with Crippen molar-refractivity contribution in [3.63, 3.8) is 0 Å². The molecule has 6 heteroatoms. The van der Waals surface area contributed by atoms with Crippen molar-refractivity contribution >= 4 is 67.6 Å². The summed E-state index contributed by atoms with van der Waals surface area (Å²) in [5.74, 6) is 1.76. The first-order chi connectivity index (χ1) is 60.6. The van der Waals surface area contributed by atoms with E-state index in [0.29, 0.717) is 0 Å². The summed E-state index contributed by atoms with van der Waals surface area (Å²) in [6, 6.07) is 121. The van der Waals surface area contributed by atoms with Crippen molar-refractivity contribution in [1.29, 1.82) is 0 Å². The van der Waals surface area contributed by atoms with Gasteiger partial charge in [-0.05, 0) is 265 Å². The van der Waals surface area contributed by atoms with Crippen LogP contribution in [0.3, 0.4) is 0 Å². The average Bonchev–Trinajstić information content (AvgIpc) is 1.58. The molecule has 0 aliphatic heterocycles. The largest absolute Gasteiger partial charge is 0.457 e. The first-order valence-corrected chi connectivity index (χ1v) is 48.2. The van der Waals surface area contributed by atoms with Gasteiger partial charge in [0.25, 0.3) is 0 Å². The quantitative estimate of drug-likeness (QED) is 0.151. The van der Waals surface area contributed by atoms with Crippen molar-refractivity contribution in [1.82, 2.24) is 4.57 Å². The molecule has 0 bridgehead atoms. The van der Waals surface area contributed by atoms with Gasteiger partial charge in [0, 0.05) is 78.7 Å². The van der Waals surface area contributed by atoms with E-state index in [9.17, 15) is 0 Å². The molecular formula is C120H135NOS4. The topological polar surface area (TPSA) is 14.2 Å². The minimum absolute atomic E-state index is 0.142. The molecule has 2 nitrogen and oxygen atoms in total. The Morgan fingerprint density at radius 1 is 0.278 bits per heavy atom. The molecule has 4 heterocycles. The van der Waals surface area contributed by atoms with Crippen LogP contribution in [0.25, 0.3) is 53.8 Å². The zero-order chi connectivity index (χ0) is 90.9. The molecule has 0 unspecified atom stereocenters. The number of nitrogens with zero attached hydrogens (tertiary/aromatic N) is 1. The first kappa shape index (κ1) is 98.7. The van der Waals surface area contributed by atoms with Crippen molar-refractivity contribution in [3.8, 4) is 43.5 Å². The number of aryl methyl sites for hydroxylation is 17. The minimum Gasteiger partial charge on any atom is -0.457 e. The van der Waals surface area contributed by atoms with Gasteiger partial charge in [-0.25, -0.2) is 0 Å². The summed E-state index contributed by atoms with van der Waals surface area (Å²) in [5, 5.41) is 2.68. The molecule has 2 aliphatic rings. The van der Waals surface area contributed by atoms with E-state index in [0.717, 1.165) is 11.5 Å². The third-order valence-corrected chi connectivity index (χ3v) is 26.7. The predicted octanol–water partition coefficient (Wildman–Crippen LogP) is 36.8. The lowest BCUT2D eigenvalue weighted by Crippen LogP contribution is -2.30. The molecule has 13 aromatic carbocycles. The third kappa shape index (κ3) is 29.2. The maximum absolute atomic E-state index is 5.69. The predicted molar refractivity (Wildman–Crippen MR) is 560 cm³/mol. The molecule has 650 valence electrons. The smallest absolute Gasteiger partial charge is 0.127 e. The maximum atomic E-state index is 5.69. The SMILES string of the molecule is CC.CC.Cc1ccc(-c2ccc(C)cc2)cc1.Cc1ccc(-c2ccc(C)s2)s1.Cc1ccc(C)cc1.Cc1ccc(C)s1.Cc1ccc(C2(c3ccc(C)cc3)CCCCC2)cc1.Cc1ccc(Oc2ccc(C)cc2)cc1.Cc1ccc(Sc2ccc(C)cc2)cc1.Cc1ccc2c(c1)C(C)(C)c1cc(C)ccc1-2.Cn1c2ccccc2c2ccccc21. The van der Waals surface area contributed by atoms with Crippen LogP contribution in [0.2, 0.25) is 0 Å². The van der Waals surface area contributed by atoms with Crippen LogP contribution in [0, 0.1) is 111 Å². The summed E-state index contributed by atoms with van der Waals surface area (Å²) in [4.78, 5) is 11.0. The monoisotopic (exact) mass is 1730 g/mol. The van der Waals surface area contributed by atoms with E-state index in [1.807, 2.05) is 110 Å². The summed E-state index contributed by atoms with van der Waals surface area (Å²) >= 11 is 7.38. The van der Waals surface area contributed by atoms with Gasteiger partial charge >= 0.3 is 0 Å². The van der Waals surface area contributed by atoms with E-state index in [2.05, 4.69) is 427 Å². The summed E-state index contributed by atoms with van der Waals surface area (Å²) in [6.45, 7) is 46.6. The molecule has 126 heavy (non-hydrogen) atoms. The van der Waals surface area contributed by atoms with Gasteiger partial charge in [-0.15, -0.1) is 34.0 Å². The van der Waals surface area contributed by atoms with Crippen LogP contribution in [-0.2, 0) is 17.9 Å². The maximum Gasteiger partial charge on any atom is 0.127 e. The summed E-state index contributed by atoms with van der Waals surface area (Å²) < 4.78 is 7.93. The number of thiophene rings is 3. The number of ether oxygens (including phenoxy) is 1. The number of rotatable bonds is 8. The summed E-state index contributed by atoms with van der Waals surface area (Å²) in [5.41, 5.74) is 30.1. The second-order valence-electron chi connectivity index (χ2n) is 33.5. The van der Waals surface area contributed by atoms with Crippen LogP contribution in [0.5, 0.6) is 11.5 Å². The second-order valence-corrected chi connectivity index (χ2v) is 38.7. The number of benzene rings is 13. The van der Waals surface area contributed by atoms with Gasteiger partial charge in [0.1, 0.15) is 11.5 Å². The van der Waals surface area contributed by atoms with Gasteiger partial charge < -0.3 is 9.30 Å². The Labute approximate surface area is 774 Å². The van der Waals surface area contributed by atoms with Gasteiger partial charge in [-0.1, -0.05) is 382 Å². The lowest BCUT2D eigenvalue weighted by molar-refractivity contribution is 0.346. The standard InChI is InChI=1S/C20H24.C17H18.C14H14O.C14H14S.C14H14.C13H11N.C10H10S2.C8H10.C6H8S.2C2H6/c1-16-6-10-18(11-7-16)20(14-4-3-5-15-20)19-12-8-17(2)9-13-19;1-11-5-7-13-14-8-6-12(2)10-16(14)17(3,4)15(13)9-11;2*1-11-3-7-13(8-4-11)15-14-9-5-12(2)6-10-14;1-11-3-7-13(8-4-11)14-9-5-12(2)6-10-14;1-14-12-8-4-2-6-10(12)11-7-3-5-9-13(11)14;1-7-3-5-9(11-7)10-6-4-8(2)12-10;1-7-3-5-8(2)6-4-7;1-5-3-4-6(2)7-5;2*1-2/h6-13H,3-5,14-15H2,1-2H3;5-10H,1-4H3;2*3-10H,1-2H3;3-10H,1-2H3;2-9H,1H3;3-6H,1-2H3;3-6H,1-2H3;3-4H,1-2H3;2*1-2H3. The van der Waals surface area contributed by atoms with E-state index in [1.165, 1.54) is 204 Å². The van der Waals surface area contributed by atoms with Crippen LogP contribution in [0.15, 0.2) is 350 Å². The van der Waals surface area contributed by atoms with E-state index in [4.69, 9.17) is 4.74 Å². The number of hydrogen-bond donors (Lipinski definition) is 0. The van der Waals surface area contributed by atoms with E-state index >= 15 is 0 Å². The lowest BCUT2D eigenvalue weighted by Gasteiger charge is -2.38. The molecule has 0 saturated heterocycles. The number of hydrogen-bond acceptors (Lipinski definition) is 5. The molecule has 1 saturated carbocycles. The fourth-order valence-electron chi connectivity index (χ4n) is 15.2. The summed E-state index contributed by atoms with van der Waals surface area (Å²) in [6.07, 6.45) is 6.67. The molecule has 1 fully saturated rings. The molecule has 0 radical (unpaired) electrons. The molecule has 17 aromatic rings. The molecule has 0 spiro atoms. The van der Waals surface area contributed by atoms with Crippen molar-refractivity contribution in [2.45, 2.75) is 205 Å². The Hall–Kier alpha value is -11.1. The lowest BCUT2D eigenvalue weighted by atomic mass is 9.65. The molecule has 0 N–H and O–H groups in total. The highest BCUT2D eigenvalue weighted by molar-refractivity contribution is 7.99. The second kappa shape index (κ2) is 49.1. The third-order valence-electron chi connectivity index (χ3n) is 22.5. The average molecular weight is 1740 g/mol. The molecule has 0 amide bonds. The Bertz CT molecular complexity index is 5620. The Kier molecular flexibility index (Phi) is 38.5. The first-order valence-electron chi connectivity index (χ1n) is 44.9. The zero-order valence-electron chi connectivity index (χ0n) is 79.4. The van der Waals surface area contributed by atoms with Gasteiger partial charge in [0.2, 0.25) is 0 Å². The number of aromatic nitrogens is 1. The number of para-hydroxylation sites is 2. The van der Waals surface area contributed by atoms with Crippen molar-refractivity contribution < 1.29 is 4.74 Å². The Morgan fingerprint density at radius 3 is 0.849 bits per heavy atom. The molecule has 0 atom stereocenters. The molecule has 4 aromatic heterocycles. The fraction of sp³-hybridized carbons (Fsp3) is 0.250. The minimum atomic E-state index is 0.142.